The molecule has 0 spiro atoms. The molecule has 0 atom stereocenters. The van der Waals surface area contributed by atoms with Crippen LogP contribution in [0.15, 0.2) is 51.8 Å². The van der Waals surface area contributed by atoms with Crippen molar-refractivity contribution in [3.05, 3.63) is 52.8 Å². The van der Waals surface area contributed by atoms with Gasteiger partial charge < -0.3 is 14.7 Å². The van der Waals surface area contributed by atoms with Gasteiger partial charge in [0.1, 0.15) is 0 Å². The van der Waals surface area contributed by atoms with E-state index in [1.807, 2.05) is 29.2 Å². The first-order chi connectivity index (χ1) is 13.3. The molecule has 3 aromatic rings. The van der Waals surface area contributed by atoms with Crippen molar-refractivity contribution in [3.8, 4) is 0 Å². The van der Waals surface area contributed by atoms with Gasteiger partial charge in [0.05, 0.1) is 11.3 Å². The second-order valence-corrected chi connectivity index (χ2v) is 7.08. The van der Waals surface area contributed by atoms with Gasteiger partial charge in [0, 0.05) is 43.3 Å². The van der Waals surface area contributed by atoms with Crippen LogP contribution in [-0.4, -0.2) is 24.0 Å². The van der Waals surface area contributed by atoms with Crippen molar-refractivity contribution in [1.82, 2.24) is 4.74 Å². The molecular formula is C20H20F3N3O2. The largest absolute Gasteiger partial charge is 0.391 e. The number of alkyl halides is 3. The number of nitrogens with one attached hydrogen (secondary N) is 1. The van der Waals surface area contributed by atoms with E-state index in [4.69, 9.17) is 4.52 Å². The molecule has 0 unspecified atom stereocenters. The lowest BCUT2D eigenvalue weighted by Gasteiger charge is -2.34. The highest BCUT2D eigenvalue weighted by Gasteiger charge is 2.41. The molecule has 0 saturated carbocycles. The van der Waals surface area contributed by atoms with Crippen molar-refractivity contribution in [2.75, 3.05) is 23.3 Å². The van der Waals surface area contributed by atoms with Gasteiger partial charge in [-0.3, -0.25) is 4.79 Å². The van der Waals surface area contributed by atoms with Crippen molar-refractivity contribution in [1.29, 1.82) is 0 Å². The third kappa shape index (κ3) is 3.58. The number of anilines is 3. The molecule has 1 saturated heterocycles. The maximum absolute atomic E-state index is 12.8. The monoisotopic (exact) mass is 391 g/mol. The SMILES string of the molecule is Cn1oc2cc(Nc3ccc(N4CCC(C(F)(F)F)CC4)cc3)ccc2c1=O. The molecule has 0 aliphatic carbocycles. The first-order valence-electron chi connectivity index (χ1n) is 9.10. The summed E-state index contributed by atoms with van der Waals surface area (Å²) in [5.41, 5.74) is 2.85. The lowest BCUT2D eigenvalue weighted by Crippen LogP contribution is -2.38. The van der Waals surface area contributed by atoms with Crippen molar-refractivity contribution < 1.29 is 17.7 Å². The molecule has 8 heteroatoms. The van der Waals surface area contributed by atoms with Crippen LogP contribution in [0.5, 0.6) is 0 Å². The van der Waals surface area contributed by atoms with Gasteiger partial charge in [-0.15, -0.1) is 0 Å². The number of rotatable bonds is 3. The summed E-state index contributed by atoms with van der Waals surface area (Å²) in [5, 5.41) is 3.76. The molecule has 1 N–H and O–H groups in total. The smallest absolute Gasteiger partial charge is 0.376 e. The number of piperidine rings is 1. The molecule has 1 fully saturated rings. The number of halogens is 3. The zero-order valence-corrected chi connectivity index (χ0v) is 15.3. The first-order valence-corrected chi connectivity index (χ1v) is 9.10. The van der Waals surface area contributed by atoms with Crippen LogP contribution >= 0.6 is 0 Å². The second-order valence-electron chi connectivity index (χ2n) is 7.08. The van der Waals surface area contributed by atoms with Crippen molar-refractivity contribution in [2.45, 2.75) is 19.0 Å². The number of hydrogen-bond donors (Lipinski definition) is 1. The third-order valence-electron chi connectivity index (χ3n) is 5.21. The second kappa shape index (κ2) is 6.92. The Balaban J connectivity index is 1.43. The minimum atomic E-state index is -4.10. The average molecular weight is 391 g/mol. The van der Waals surface area contributed by atoms with Crippen LogP contribution in [-0.2, 0) is 7.05 Å². The van der Waals surface area contributed by atoms with Crippen molar-refractivity contribution >= 4 is 28.0 Å². The van der Waals surface area contributed by atoms with E-state index in [9.17, 15) is 18.0 Å². The van der Waals surface area contributed by atoms with Crippen molar-refractivity contribution in [2.24, 2.45) is 13.0 Å². The molecule has 4 rings (SSSR count). The summed E-state index contributed by atoms with van der Waals surface area (Å²) in [4.78, 5) is 13.8. The summed E-state index contributed by atoms with van der Waals surface area (Å²) < 4.78 is 45.0. The fourth-order valence-corrected chi connectivity index (χ4v) is 3.60. The lowest BCUT2D eigenvalue weighted by atomic mass is 9.96. The van der Waals surface area contributed by atoms with Gasteiger partial charge in [0.25, 0.3) is 5.56 Å². The maximum Gasteiger partial charge on any atom is 0.391 e. The van der Waals surface area contributed by atoms with E-state index in [2.05, 4.69) is 5.32 Å². The highest BCUT2D eigenvalue weighted by Crippen LogP contribution is 2.35. The van der Waals surface area contributed by atoms with Crippen LogP contribution in [0.25, 0.3) is 11.0 Å². The van der Waals surface area contributed by atoms with E-state index >= 15 is 0 Å². The average Bonchev–Trinajstić information content (AvgIpc) is 2.95. The topological polar surface area (TPSA) is 50.4 Å². The predicted molar refractivity (Wildman–Crippen MR) is 102 cm³/mol. The van der Waals surface area contributed by atoms with E-state index in [1.54, 1.807) is 25.2 Å². The molecule has 0 bridgehead atoms. The van der Waals surface area contributed by atoms with Gasteiger partial charge in [-0.2, -0.15) is 17.9 Å². The Labute approximate surface area is 159 Å². The van der Waals surface area contributed by atoms with Crippen LogP contribution in [0.4, 0.5) is 30.2 Å². The highest BCUT2D eigenvalue weighted by molar-refractivity contribution is 5.81. The Hall–Kier alpha value is -2.90. The summed E-state index contributed by atoms with van der Waals surface area (Å²) in [6.07, 6.45) is -3.84. The standard InChI is InChI=1S/C20H20F3N3O2/c1-25-19(27)17-7-4-15(12-18(17)28-25)24-14-2-5-16(6-3-14)26-10-8-13(9-11-26)20(21,22)23/h2-7,12-13,24H,8-11H2,1H3. The molecule has 2 heterocycles. The maximum atomic E-state index is 12.8. The van der Waals surface area contributed by atoms with Crippen LogP contribution in [0.3, 0.4) is 0 Å². The Morgan fingerprint density at radius 2 is 1.68 bits per heavy atom. The van der Waals surface area contributed by atoms with E-state index in [0.29, 0.717) is 24.1 Å². The normalized spacial score (nSPS) is 15.9. The summed E-state index contributed by atoms with van der Waals surface area (Å²) in [7, 11) is 1.56. The van der Waals surface area contributed by atoms with Crippen molar-refractivity contribution in [3.63, 3.8) is 0 Å². The molecule has 0 radical (unpaired) electrons. The number of aromatic nitrogens is 1. The molecular weight excluding hydrogens is 371 g/mol. The van der Waals surface area contributed by atoms with Gasteiger partial charge >= 0.3 is 6.18 Å². The number of fused-ring (bicyclic) bond motifs is 1. The van der Waals surface area contributed by atoms with Crippen LogP contribution in [0, 0.1) is 5.92 Å². The zero-order valence-electron chi connectivity index (χ0n) is 15.3. The molecule has 28 heavy (non-hydrogen) atoms. The Morgan fingerprint density at radius 1 is 1.04 bits per heavy atom. The summed E-state index contributed by atoms with van der Waals surface area (Å²) >= 11 is 0. The molecule has 1 aromatic heterocycles. The van der Waals surface area contributed by atoms with Gasteiger partial charge in [-0.1, -0.05) is 0 Å². The predicted octanol–water partition coefficient (Wildman–Crippen LogP) is 4.65. The van der Waals surface area contributed by atoms with Gasteiger partial charge in [0.2, 0.25) is 0 Å². The number of nitrogens with zero attached hydrogens (tertiary/aromatic N) is 2. The summed E-state index contributed by atoms with van der Waals surface area (Å²) in [6, 6.07) is 12.8. The molecule has 5 nitrogen and oxygen atoms in total. The minimum absolute atomic E-state index is 0.131. The first kappa shape index (κ1) is 18.5. The van der Waals surface area contributed by atoms with Crippen LogP contribution in [0.2, 0.25) is 0 Å². The Morgan fingerprint density at radius 3 is 2.32 bits per heavy atom. The zero-order chi connectivity index (χ0) is 19.9. The Bertz CT molecular complexity index is 1030. The van der Waals surface area contributed by atoms with Gasteiger partial charge in [0.15, 0.2) is 5.58 Å². The molecule has 1 aliphatic heterocycles. The van der Waals surface area contributed by atoms with E-state index in [0.717, 1.165) is 17.1 Å². The number of benzene rings is 2. The highest BCUT2D eigenvalue weighted by atomic mass is 19.4. The number of aryl methyl sites for hydroxylation is 1. The quantitative estimate of drug-likeness (QED) is 0.706. The van der Waals surface area contributed by atoms with Gasteiger partial charge in [-0.05, 0) is 49.2 Å². The summed E-state index contributed by atoms with van der Waals surface area (Å²) in [5.74, 6) is -1.20. The Kier molecular flexibility index (Phi) is 4.56. The fraction of sp³-hybridized carbons (Fsp3) is 0.350. The third-order valence-corrected chi connectivity index (χ3v) is 5.21. The van der Waals surface area contributed by atoms with E-state index in [-0.39, 0.29) is 18.4 Å². The van der Waals surface area contributed by atoms with Crippen LogP contribution < -0.4 is 15.8 Å². The summed E-state index contributed by atoms with van der Waals surface area (Å²) in [6.45, 7) is 0.807. The molecule has 2 aromatic carbocycles. The molecule has 1 aliphatic rings. The van der Waals surface area contributed by atoms with E-state index < -0.39 is 12.1 Å². The van der Waals surface area contributed by atoms with Gasteiger partial charge in [-0.25, -0.2) is 0 Å². The number of hydrogen-bond acceptors (Lipinski definition) is 4. The fourth-order valence-electron chi connectivity index (χ4n) is 3.60. The van der Waals surface area contributed by atoms with E-state index in [1.165, 1.54) is 4.74 Å². The minimum Gasteiger partial charge on any atom is -0.376 e. The van der Waals surface area contributed by atoms with Crippen LogP contribution in [0.1, 0.15) is 12.8 Å². The lowest BCUT2D eigenvalue weighted by molar-refractivity contribution is -0.179. The molecule has 0 amide bonds. The molecule has 148 valence electrons.